The first-order valence-electron chi connectivity index (χ1n) is 4.58. The van der Waals surface area contributed by atoms with Gasteiger partial charge in [0.25, 0.3) is 0 Å². The maximum Gasteiger partial charge on any atom is 0.156 e. The van der Waals surface area contributed by atoms with E-state index in [0.717, 1.165) is 6.07 Å². The van der Waals surface area contributed by atoms with Gasteiger partial charge in [0.05, 0.1) is 11.0 Å². The minimum Gasteiger partial charge on any atom is -0.398 e. The van der Waals surface area contributed by atoms with Gasteiger partial charge in [0.15, 0.2) is 9.84 Å². The SMILES string of the molecule is CC(C)S(=O)(=O)Cc1ccc(F)cc1N. The Morgan fingerprint density at radius 1 is 1.40 bits per heavy atom. The molecular formula is C10H14FNO2S. The minimum absolute atomic E-state index is 0.142. The number of sulfone groups is 1. The third kappa shape index (κ3) is 2.92. The maximum absolute atomic E-state index is 12.7. The van der Waals surface area contributed by atoms with Crippen LogP contribution in [0.15, 0.2) is 18.2 Å². The van der Waals surface area contributed by atoms with Gasteiger partial charge in [0, 0.05) is 5.69 Å². The highest BCUT2D eigenvalue weighted by atomic mass is 32.2. The number of halogens is 1. The lowest BCUT2D eigenvalue weighted by Crippen LogP contribution is -2.16. The zero-order chi connectivity index (χ0) is 11.6. The Bertz CT molecular complexity index is 454. The molecule has 5 heteroatoms. The van der Waals surface area contributed by atoms with Gasteiger partial charge < -0.3 is 5.73 Å². The molecule has 0 spiro atoms. The highest BCUT2D eigenvalue weighted by Crippen LogP contribution is 2.18. The van der Waals surface area contributed by atoms with Gasteiger partial charge in [-0.3, -0.25) is 0 Å². The summed E-state index contributed by atoms with van der Waals surface area (Å²) in [5.74, 6) is -0.602. The molecule has 0 amide bonds. The number of nitrogen functional groups attached to an aromatic ring is 1. The van der Waals surface area contributed by atoms with Gasteiger partial charge >= 0.3 is 0 Å². The van der Waals surface area contributed by atoms with Crippen LogP contribution in [0.3, 0.4) is 0 Å². The summed E-state index contributed by atoms with van der Waals surface area (Å²) in [4.78, 5) is 0. The highest BCUT2D eigenvalue weighted by molar-refractivity contribution is 7.91. The number of hydrogen-bond acceptors (Lipinski definition) is 3. The van der Waals surface area contributed by atoms with E-state index in [-0.39, 0.29) is 11.4 Å². The second-order valence-corrected chi connectivity index (χ2v) is 6.26. The van der Waals surface area contributed by atoms with Gasteiger partial charge in [-0.25, -0.2) is 12.8 Å². The molecule has 1 aromatic carbocycles. The Hall–Kier alpha value is -1.10. The number of rotatable bonds is 3. The van der Waals surface area contributed by atoms with Crippen molar-refractivity contribution in [3.8, 4) is 0 Å². The van der Waals surface area contributed by atoms with Crippen molar-refractivity contribution in [2.45, 2.75) is 24.9 Å². The van der Waals surface area contributed by atoms with Crippen LogP contribution >= 0.6 is 0 Å². The molecule has 0 heterocycles. The Morgan fingerprint density at radius 3 is 2.47 bits per heavy atom. The van der Waals surface area contributed by atoms with Crippen molar-refractivity contribution in [1.82, 2.24) is 0 Å². The smallest absolute Gasteiger partial charge is 0.156 e. The van der Waals surface area contributed by atoms with Crippen LogP contribution in [0.4, 0.5) is 10.1 Å². The Labute approximate surface area is 89.0 Å². The largest absolute Gasteiger partial charge is 0.398 e. The molecule has 2 N–H and O–H groups in total. The zero-order valence-electron chi connectivity index (χ0n) is 8.70. The van der Waals surface area contributed by atoms with E-state index in [1.54, 1.807) is 13.8 Å². The summed E-state index contributed by atoms with van der Waals surface area (Å²) in [6.07, 6.45) is 0. The molecule has 0 aliphatic carbocycles. The second-order valence-electron chi connectivity index (χ2n) is 3.70. The molecule has 0 radical (unpaired) electrons. The fraction of sp³-hybridized carbons (Fsp3) is 0.400. The van der Waals surface area contributed by atoms with Crippen LogP contribution in [0.1, 0.15) is 19.4 Å². The molecular weight excluding hydrogens is 217 g/mol. The number of hydrogen-bond donors (Lipinski definition) is 1. The molecule has 15 heavy (non-hydrogen) atoms. The number of nitrogens with two attached hydrogens (primary N) is 1. The third-order valence-corrected chi connectivity index (χ3v) is 4.33. The Kier molecular flexibility index (Phi) is 3.34. The van der Waals surface area contributed by atoms with Crippen LogP contribution in [0.25, 0.3) is 0 Å². The molecule has 3 nitrogen and oxygen atoms in total. The van der Waals surface area contributed by atoms with Crippen LogP contribution < -0.4 is 5.73 Å². The van der Waals surface area contributed by atoms with Crippen molar-refractivity contribution in [3.63, 3.8) is 0 Å². The molecule has 0 bridgehead atoms. The molecule has 1 rings (SSSR count). The molecule has 0 fully saturated rings. The summed E-state index contributed by atoms with van der Waals surface area (Å²) < 4.78 is 35.9. The van der Waals surface area contributed by atoms with Crippen molar-refractivity contribution >= 4 is 15.5 Å². The first-order chi connectivity index (χ1) is 6.83. The van der Waals surface area contributed by atoms with Crippen LogP contribution in [0.5, 0.6) is 0 Å². The van der Waals surface area contributed by atoms with Gasteiger partial charge in [-0.1, -0.05) is 6.07 Å². The van der Waals surface area contributed by atoms with Gasteiger partial charge in [-0.15, -0.1) is 0 Å². The van der Waals surface area contributed by atoms with Gasteiger partial charge in [0.1, 0.15) is 5.82 Å². The fourth-order valence-corrected chi connectivity index (χ4v) is 2.11. The molecule has 0 saturated carbocycles. The predicted molar refractivity (Wildman–Crippen MR) is 58.6 cm³/mol. The molecule has 1 aromatic rings. The molecule has 0 aliphatic rings. The maximum atomic E-state index is 12.7. The molecule has 84 valence electrons. The van der Waals surface area contributed by atoms with Crippen LogP contribution in [0.2, 0.25) is 0 Å². The average Bonchev–Trinajstić information content (AvgIpc) is 2.09. The van der Waals surface area contributed by atoms with Gasteiger partial charge in [0.2, 0.25) is 0 Å². The molecule has 0 saturated heterocycles. The topological polar surface area (TPSA) is 60.2 Å². The van der Waals surface area contributed by atoms with Crippen molar-refractivity contribution in [1.29, 1.82) is 0 Å². The average molecular weight is 231 g/mol. The van der Waals surface area contributed by atoms with E-state index in [2.05, 4.69) is 0 Å². The standard InChI is InChI=1S/C10H14FNO2S/c1-7(2)15(13,14)6-8-3-4-9(11)5-10(8)12/h3-5,7H,6,12H2,1-2H3. The molecule has 0 aromatic heterocycles. The quantitative estimate of drug-likeness (QED) is 0.806. The molecule has 0 atom stereocenters. The zero-order valence-corrected chi connectivity index (χ0v) is 9.51. The summed E-state index contributed by atoms with van der Waals surface area (Å²) in [6, 6.07) is 3.75. The monoisotopic (exact) mass is 231 g/mol. The van der Waals surface area contributed by atoms with Crippen LogP contribution in [0, 0.1) is 5.82 Å². The Balaban J connectivity index is 3.01. The van der Waals surface area contributed by atoms with Crippen molar-refractivity contribution in [3.05, 3.63) is 29.6 Å². The summed E-state index contributed by atoms with van der Waals surface area (Å²) >= 11 is 0. The van der Waals surface area contributed by atoms with Gasteiger partial charge in [-0.2, -0.15) is 0 Å². The van der Waals surface area contributed by atoms with Crippen molar-refractivity contribution < 1.29 is 12.8 Å². The summed E-state index contributed by atoms with van der Waals surface area (Å²) in [5, 5.41) is -0.457. The molecule has 0 unspecified atom stereocenters. The summed E-state index contributed by atoms with van der Waals surface area (Å²) in [7, 11) is -3.19. The lowest BCUT2D eigenvalue weighted by atomic mass is 10.2. The first-order valence-corrected chi connectivity index (χ1v) is 6.30. The lowest BCUT2D eigenvalue weighted by Gasteiger charge is -2.09. The van der Waals surface area contributed by atoms with E-state index in [4.69, 9.17) is 5.73 Å². The summed E-state index contributed by atoms with van der Waals surface area (Å²) in [6.45, 7) is 3.21. The van der Waals surface area contributed by atoms with Crippen LogP contribution in [-0.4, -0.2) is 13.7 Å². The van der Waals surface area contributed by atoms with E-state index in [9.17, 15) is 12.8 Å². The minimum atomic E-state index is -3.19. The number of anilines is 1. The van der Waals surface area contributed by atoms with E-state index in [1.165, 1.54) is 12.1 Å². The van der Waals surface area contributed by atoms with E-state index >= 15 is 0 Å². The van der Waals surface area contributed by atoms with E-state index in [1.807, 2.05) is 0 Å². The van der Waals surface area contributed by atoms with Crippen molar-refractivity contribution in [2.75, 3.05) is 5.73 Å². The first kappa shape index (κ1) is 12.0. The second kappa shape index (κ2) is 4.18. The predicted octanol–water partition coefficient (Wildman–Crippen LogP) is 1.73. The fourth-order valence-electron chi connectivity index (χ4n) is 1.08. The normalized spacial score (nSPS) is 12.0. The van der Waals surface area contributed by atoms with E-state index < -0.39 is 20.9 Å². The summed E-state index contributed by atoms with van der Waals surface area (Å²) in [5.41, 5.74) is 6.15. The Morgan fingerprint density at radius 2 is 2.00 bits per heavy atom. The third-order valence-electron chi connectivity index (χ3n) is 2.18. The van der Waals surface area contributed by atoms with E-state index in [0.29, 0.717) is 5.56 Å². The van der Waals surface area contributed by atoms with Crippen molar-refractivity contribution in [2.24, 2.45) is 0 Å². The van der Waals surface area contributed by atoms with Gasteiger partial charge in [-0.05, 0) is 31.5 Å². The highest BCUT2D eigenvalue weighted by Gasteiger charge is 2.18. The lowest BCUT2D eigenvalue weighted by molar-refractivity contribution is 0.586. The van der Waals surface area contributed by atoms with Crippen LogP contribution in [-0.2, 0) is 15.6 Å². The molecule has 0 aliphatic heterocycles. The number of benzene rings is 1.